The monoisotopic (exact) mass is 598 g/mol. The molecular weight excluding hydrogens is 572 g/mol. The van der Waals surface area contributed by atoms with Crippen LogP contribution in [-0.2, 0) is 18.3 Å². The summed E-state index contributed by atoms with van der Waals surface area (Å²) in [6.07, 6.45) is -3.37. The van der Waals surface area contributed by atoms with E-state index in [1.54, 1.807) is 60.0 Å². The molecule has 0 saturated heterocycles. The van der Waals surface area contributed by atoms with Crippen LogP contribution in [0.15, 0.2) is 65.5 Å². The highest BCUT2D eigenvalue weighted by molar-refractivity contribution is 6.12. The number of carbonyl (C=O) groups excluding carboxylic acids is 2. The quantitative estimate of drug-likeness (QED) is 0.150. The first-order valence-electron chi connectivity index (χ1n) is 13.1. The van der Waals surface area contributed by atoms with Crippen LogP contribution >= 0.6 is 0 Å². The van der Waals surface area contributed by atoms with E-state index in [0.29, 0.717) is 39.2 Å². The first kappa shape index (κ1) is 29.8. The number of aliphatic hydroxyl groups is 3. The molecule has 0 atom stereocenters. The molecule has 0 unspecified atom stereocenters. The van der Waals surface area contributed by atoms with Gasteiger partial charge in [-0.2, -0.15) is 5.26 Å². The molecule has 0 saturated carbocycles. The number of anilines is 1. The molecule has 15 nitrogen and oxygen atoms in total. The van der Waals surface area contributed by atoms with Gasteiger partial charge >= 0.3 is 11.8 Å². The SMILES string of the molecule is Cc1cc2cc(-c3ccc(-n4c(C#N)nn(C)c4=O)cc3)n(CCOC(O)(O)O)c2c(C(=O)Nc2cccc(C(N)=O)c2)n1. The van der Waals surface area contributed by atoms with Crippen LogP contribution in [0.1, 0.15) is 32.4 Å². The second-order valence-electron chi connectivity index (χ2n) is 9.78. The summed E-state index contributed by atoms with van der Waals surface area (Å²) in [6, 6.07) is 18.2. The molecule has 15 heteroatoms. The molecule has 2 aromatic carbocycles. The highest BCUT2D eigenvalue weighted by Gasteiger charge is 2.23. The molecule has 0 aliphatic heterocycles. The van der Waals surface area contributed by atoms with E-state index < -0.39 is 23.7 Å². The fraction of sp³-hybridized carbons (Fsp3) is 0.172. The number of benzene rings is 2. The number of hydrogen-bond donors (Lipinski definition) is 5. The summed E-state index contributed by atoms with van der Waals surface area (Å²) < 4.78 is 8.60. The number of rotatable bonds is 9. The third kappa shape index (κ3) is 5.95. The predicted molar refractivity (Wildman–Crippen MR) is 155 cm³/mol. The smallest absolute Gasteiger partial charge is 0.366 e. The number of aryl methyl sites for hydroxylation is 2. The van der Waals surface area contributed by atoms with Crippen LogP contribution < -0.4 is 16.7 Å². The van der Waals surface area contributed by atoms with E-state index in [1.807, 2.05) is 6.07 Å². The molecule has 3 aromatic heterocycles. The van der Waals surface area contributed by atoms with Crippen molar-refractivity contribution >= 4 is 28.4 Å². The number of fused-ring (bicyclic) bond motifs is 1. The largest absolute Gasteiger partial charge is 0.405 e. The standard InChI is InChI=1S/C29H26N8O7/c1-16-12-19-14-22(17-6-8-21(9-7-17)37-23(15-30)34-35(2)28(37)40)36(10-11-44-29(41,42)43)25(19)24(32-16)27(39)33-20-5-3-4-18(13-20)26(31)38/h3-9,12-14,41-43H,10-11H2,1-2H3,(H2,31,38)(H,33,39). The highest BCUT2D eigenvalue weighted by Crippen LogP contribution is 2.32. The van der Waals surface area contributed by atoms with E-state index in [2.05, 4.69) is 15.4 Å². The Balaban J connectivity index is 1.61. The highest BCUT2D eigenvalue weighted by atomic mass is 16.9. The van der Waals surface area contributed by atoms with Gasteiger partial charge in [0.25, 0.3) is 5.91 Å². The van der Waals surface area contributed by atoms with E-state index in [1.165, 1.54) is 23.7 Å². The summed E-state index contributed by atoms with van der Waals surface area (Å²) >= 11 is 0. The number of primary amides is 1. The van der Waals surface area contributed by atoms with Gasteiger partial charge in [-0.25, -0.2) is 19.0 Å². The minimum Gasteiger partial charge on any atom is -0.366 e. The number of hydrogen-bond acceptors (Lipinski definition) is 10. The van der Waals surface area contributed by atoms with Crippen LogP contribution in [0.3, 0.4) is 0 Å². The van der Waals surface area contributed by atoms with Crippen molar-refractivity contribution in [3.05, 3.63) is 93.9 Å². The van der Waals surface area contributed by atoms with Crippen LogP contribution in [0.5, 0.6) is 0 Å². The second-order valence-corrected chi connectivity index (χ2v) is 9.78. The summed E-state index contributed by atoms with van der Waals surface area (Å²) in [5, 5.41) is 44.5. The molecular formula is C29H26N8O7. The Morgan fingerprint density at radius 1 is 1.11 bits per heavy atom. The Morgan fingerprint density at radius 3 is 2.50 bits per heavy atom. The zero-order valence-electron chi connectivity index (χ0n) is 23.4. The van der Waals surface area contributed by atoms with Crippen molar-refractivity contribution < 1.29 is 29.6 Å². The van der Waals surface area contributed by atoms with Gasteiger partial charge in [0, 0.05) is 41.6 Å². The lowest BCUT2D eigenvalue weighted by Gasteiger charge is -2.17. The summed E-state index contributed by atoms with van der Waals surface area (Å²) in [7, 11) is 1.44. The number of nitriles is 1. The zero-order chi connectivity index (χ0) is 31.8. The van der Waals surface area contributed by atoms with Crippen molar-refractivity contribution in [2.24, 2.45) is 12.8 Å². The number of pyridine rings is 1. The van der Waals surface area contributed by atoms with Crippen LogP contribution in [0.2, 0.25) is 0 Å². The molecule has 0 radical (unpaired) electrons. The van der Waals surface area contributed by atoms with E-state index in [4.69, 9.17) is 10.5 Å². The van der Waals surface area contributed by atoms with Crippen molar-refractivity contribution in [2.45, 2.75) is 19.6 Å². The predicted octanol–water partition coefficient (Wildman–Crippen LogP) is 0.724. The van der Waals surface area contributed by atoms with Crippen molar-refractivity contribution in [3.63, 3.8) is 0 Å². The summed E-state index contributed by atoms with van der Waals surface area (Å²) in [5.41, 5.74) is 7.90. The number of nitrogens with two attached hydrogens (primary N) is 1. The minimum absolute atomic E-state index is 0.0242. The Morgan fingerprint density at radius 2 is 1.84 bits per heavy atom. The number of nitrogens with one attached hydrogen (secondary N) is 1. The zero-order valence-corrected chi connectivity index (χ0v) is 23.4. The first-order valence-corrected chi connectivity index (χ1v) is 13.1. The van der Waals surface area contributed by atoms with Crippen LogP contribution in [0.25, 0.3) is 27.8 Å². The van der Waals surface area contributed by atoms with Crippen molar-refractivity contribution in [2.75, 3.05) is 11.9 Å². The average molecular weight is 599 g/mol. The van der Waals surface area contributed by atoms with Gasteiger partial charge in [-0.15, -0.1) is 5.10 Å². The number of nitrogens with zero attached hydrogens (tertiary/aromatic N) is 6. The van der Waals surface area contributed by atoms with E-state index in [-0.39, 0.29) is 30.2 Å². The fourth-order valence-electron chi connectivity index (χ4n) is 4.83. The first-order chi connectivity index (χ1) is 20.9. The number of ether oxygens (including phenoxy) is 1. The summed E-state index contributed by atoms with van der Waals surface area (Å²) in [4.78, 5) is 42.2. The molecule has 224 valence electrons. The van der Waals surface area contributed by atoms with Crippen LogP contribution in [0, 0.1) is 18.3 Å². The average Bonchev–Trinajstić information content (AvgIpc) is 3.48. The molecule has 0 aliphatic rings. The van der Waals surface area contributed by atoms with Gasteiger partial charge < -0.3 is 35.7 Å². The van der Waals surface area contributed by atoms with Gasteiger partial charge in [0.15, 0.2) is 5.69 Å². The lowest BCUT2D eigenvalue weighted by atomic mass is 10.1. The van der Waals surface area contributed by atoms with Crippen LogP contribution in [-0.4, -0.2) is 63.8 Å². The molecule has 6 N–H and O–H groups in total. The molecule has 0 spiro atoms. The van der Waals surface area contributed by atoms with E-state index in [9.17, 15) is 35.0 Å². The van der Waals surface area contributed by atoms with Gasteiger partial charge in [-0.1, -0.05) is 18.2 Å². The van der Waals surface area contributed by atoms with Gasteiger partial charge in [-0.3, -0.25) is 9.59 Å². The molecule has 3 heterocycles. The third-order valence-corrected chi connectivity index (χ3v) is 6.68. The summed E-state index contributed by atoms with van der Waals surface area (Å²) in [6.45, 7) is 1.27. The molecule has 0 aliphatic carbocycles. The molecule has 2 amide bonds. The normalized spacial score (nSPS) is 11.5. The molecule has 5 rings (SSSR count). The summed E-state index contributed by atoms with van der Waals surface area (Å²) in [5.74, 6) is -1.34. The number of aromatic nitrogens is 5. The lowest BCUT2D eigenvalue weighted by molar-refractivity contribution is -0.454. The molecule has 0 fully saturated rings. The Hall–Kier alpha value is -5.66. The van der Waals surface area contributed by atoms with Crippen molar-refractivity contribution in [3.8, 4) is 23.0 Å². The Labute approximate surface area is 248 Å². The lowest BCUT2D eigenvalue weighted by Crippen LogP contribution is -2.32. The third-order valence-electron chi connectivity index (χ3n) is 6.68. The number of carbonyl (C=O) groups is 2. The van der Waals surface area contributed by atoms with Gasteiger partial charge in [0.1, 0.15) is 6.07 Å². The van der Waals surface area contributed by atoms with Crippen molar-refractivity contribution in [1.82, 2.24) is 23.9 Å². The van der Waals surface area contributed by atoms with Crippen LogP contribution in [0.4, 0.5) is 5.69 Å². The topological polar surface area (TPSA) is 224 Å². The number of amides is 2. The van der Waals surface area contributed by atoms with Gasteiger partial charge in [0.05, 0.1) is 17.8 Å². The maximum atomic E-state index is 13.6. The minimum atomic E-state index is -3.37. The Kier molecular flexibility index (Phi) is 7.83. The van der Waals surface area contributed by atoms with Gasteiger partial charge in [0.2, 0.25) is 11.7 Å². The molecule has 44 heavy (non-hydrogen) atoms. The maximum Gasteiger partial charge on any atom is 0.405 e. The molecule has 0 bridgehead atoms. The second kappa shape index (κ2) is 11.6. The van der Waals surface area contributed by atoms with Gasteiger partial charge in [-0.05, 0) is 55.0 Å². The van der Waals surface area contributed by atoms with Crippen molar-refractivity contribution in [1.29, 1.82) is 5.26 Å². The van der Waals surface area contributed by atoms with E-state index in [0.717, 1.165) is 4.68 Å². The fourth-order valence-corrected chi connectivity index (χ4v) is 4.83. The Bertz CT molecular complexity index is 2010. The molecule has 5 aromatic rings. The maximum absolute atomic E-state index is 13.6. The van der Waals surface area contributed by atoms with E-state index >= 15 is 0 Å².